The van der Waals surface area contributed by atoms with E-state index in [1.165, 1.54) is 12.0 Å². The first-order valence-corrected chi connectivity index (χ1v) is 11.0. The standard InChI is InChI=1S/C24H29N5O/c30-22(27-24(12-6-13-24)19-8-2-1-3-9-19)18-28-14-7-15-29(17-16-28)23-25-20-10-4-5-11-21(20)26-23/h1-5,8-11H,6-7,12-18H2,(H,25,26)(H,27,30). The Morgan fingerprint density at radius 3 is 2.53 bits per heavy atom. The van der Waals surface area contributed by atoms with Crippen molar-refractivity contribution in [3.8, 4) is 0 Å². The lowest BCUT2D eigenvalue weighted by molar-refractivity contribution is -0.125. The molecule has 1 amide bonds. The Morgan fingerprint density at radius 1 is 0.967 bits per heavy atom. The number of amides is 1. The monoisotopic (exact) mass is 403 g/mol. The molecular formula is C24H29N5O. The smallest absolute Gasteiger partial charge is 0.234 e. The van der Waals surface area contributed by atoms with Gasteiger partial charge in [-0.15, -0.1) is 0 Å². The molecule has 2 fully saturated rings. The number of hydrogen-bond acceptors (Lipinski definition) is 4. The van der Waals surface area contributed by atoms with Gasteiger partial charge in [0.2, 0.25) is 11.9 Å². The number of aromatic nitrogens is 2. The molecule has 2 heterocycles. The maximum atomic E-state index is 12.9. The van der Waals surface area contributed by atoms with Gasteiger partial charge in [0.25, 0.3) is 0 Å². The normalized spacial score (nSPS) is 19.3. The molecule has 0 bridgehead atoms. The maximum absolute atomic E-state index is 12.9. The van der Waals surface area contributed by atoms with Gasteiger partial charge in [0.1, 0.15) is 0 Å². The van der Waals surface area contributed by atoms with Crippen LogP contribution in [0.25, 0.3) is 11.0 Å². The molecule has 0 spiro atoms. The van der Waals surface area contributed by atoms with Crippen molar-refractivity contribution in [1.29, 1.82) is 0 Å². The van der Waals surface area contributed by atoms with Crippen molar-refractivity contribution in [3.05, 3.63) is 60.2 Å². The summed E-state index contributed by atoms with van der Waals surface area (Å²) in [5.41, 5.74) is 3.14. The van der Waals surface area contributed by atoms with Crippen molar-refractivity contribution < 1.29 is 4.79 Å². The van der Waals surface area contributed by atoms with E-state index in [4.69, 9.17) is 4.98 Å². The van der Waals surface area contributed by atoms with Crippen molar-refractivity contribution in [2.45, 2.75) is 31.2 Å². The number of benzene rings is 2. The van der Waals surface area contributed by atoms with Gasteiger partial charge in [-0.3, -0.25) is 9.69 Å². The van der Waals surface area contributed by atoms with Gasteiger partial charge in [-0.25, -0.2) is 4.98 Å². The number of anilines is 1. The van der Waals surface area contributed by atoms with Crippen molar-refractivity contribution in [2.24, 2.45) is 0 Å². The molecule has 2 aromatic carbocycles. The minimum absolute atomic E-state index is 0.135. The SMILES string of the molecule is O=C(CN1CCCN(c2nc3ccccc3[nH]2)CC1)NC1(c2ccccc2)CCC1. The zero-order chi connectivity index (χ0) is 20.4. The van der Waals surface area contributed by atoms with Gasteiger partial charge in [0.15, 0.2) is 0 Å². The minimum atomic E-state index is -0.162. The van der Waals surface area contributed by atoms with Gasteiger partial charge >= 0.3 is 0 Å². The molecule has 6 nitrogen and oxygen atoms in total. The predicted octanol–water partition coefficient (Wildman–Crippen LogP) is 3.27. The lowest BCUT2D eigenvalue weighted by atomic mass is 9.72. The molecule has 3 aromatic rings. The largest absolute Gasteiger partial charge is 0.345 e. The molecule has 0 radical (unpaired) electrons. The average molecular weight is 404 g/mol. The van der Waals surface area contributed by atoms with E-state index in [1.54, 1.807) is 0 Å². The minimum Gasteiger partial charge on any atom is -0.345 e. The lowest BCUT2D eigenvalue weighted by Crippen LogP contribution is -2.53. The summed E-state index contributed by atoms with van der Waals surface area (Å²) < 4.78 is 0. The van der Waals surface area contributed by atoms with Gasteiger partial charge in [-0.05, 0) is 43.4 Å². The third kappa shape index (κ3) is 3.79. The van der Waals surface area contributed by atoms with Crippen LogP contribution in [0.5, 0.6) is 0 Å². The lowest BCUT2D eigenvalue weighted by Gasteiger charge is -2.43. The van der Waals surface area contributed by atoms with E-state index in [2.05, 4.69) is 50.4 Å². The van der Waals surface area contributed by atoms with E-state index in [1.807, 2.05) is 24.3 Å². The Morgan fingerprint density at radius 2 is 1.77 bits per heavy atom. The molecule has 1 saturated carbocycles. The summed E-state index contributed by atoms with van der Waals surface area (Å²) in [6.45, 7) is 4.08. The molecule has 1 aromatic heterocycles. The molecule has 156 valence electrons. The number of carbonyl (C=O) groups excluding carboxylic acids is 1. The van der Waals surface area contributed by atoms with E-state index in [-0.39, 0.29) is 11.4 Å². The van der Waals surface area contributed by atoms with Gasteiger partial charge in [-0.1, -0.05) is 42.5 Å². The van der Waals surface area contributed by atoms with Crippen LogP contribution >= 0.6 is 0 Å². The van der Waals surface area contributed by atoms with E-state index < -0.39 is 0 Å². The molecule has 1 aliphatic heterocycles. The molecule has 0 unspecified atom stereocenters. The number of carbonyl (C=O) groups is 1. The molecule has 2 aliphatic rings. The molecule has 6 heteroatoms. The summed E-state index contributed by atoms with van der Waals surface area (Å²) in [5.74, 6) is 1.07. The topological polar surface area (TPSA) is 64.3 Å². The fourth-order valence-corrected chi connectivity index (χ4v) is 4.71. The second-order valence-corrected chi connectivity index (χ2v) is 8.54. The molecular weight excluding hydrogens is 374 g/mol. The number of hydrogen-bond donors (Lipinski definition) is 2. The van der Waals surface area contributed by atoms with Gasteiger partial charge in [-0.2, -0.15) is 0 Å². The first kappa shape index (κ1) is 19.1. The number of nitrogens with zero attached hydrogens (tertiary/aromatic N) is 3. The Labute approximate surface area is 177 Å². The zero-order valence-corrected chi connectivity index (χ0v) is 17.3. The van der Waals surface area contributed by atoms with Crippen LogP contribution in [0.15, 0.2) is 54.6 Å². The summed E-state index contributed by atoms with van der Waals surface area (Å²) in [5, 5.41) is 3.36. The maximum Gasteiger partial charge on any atom is 0.234 e. The molecule has 2 N–H and O–H groups in total. The highest BCUT2D eigenvalue weighted by Gasteiger charge is 2.40. The van der Waals surface area contributed by atoms with E-state index in [0.717, 1.165) is 62.4 Å². The van der Waals surface area contributed by atoms with E-state index in [9.17, 15) is 4.79 Å². The number of nitrogens with one attached hydrogen (secondary N) is 2. The molecule has 0 atom stereocenters. The van der Waals surface area contributed by atoms with E-state index >= 15 is 0 Å². The highest BCUT2D eigenvalue weighted by molar-refractivity contribution is 5.79. The van der Waals surface area contributed by atoms with E-state index in [0.29, 0.717) is 6.54 Å². The Bertz CT molecular complexity index is 978. The van der Waals surface area contributed by atoms with Crippen LogP contribution in [0.1, 0.15) is 31.2 Å². The summed E-state index contributed by atoms with van der Waals surface area (Å²) in [6, 6.07) is 18.6. The van der Waals surface area contributed by atoms with Crippen molar-refractivity contribution in [1.82, 2.24) is 20.2 Å². The van der Waals surface area contributed by atoms with Crippen molar-refractivity contribution in [2.75, 3.05) is 37.6 Å². The first-order chi connectivity index (χ1) is 14.7. The number of aromatic amines is 1. The van der Waals surface area contributed by atoms with Gasteiger partial charge < -0.3 is 15.2 Å². The fourth-order valence-electron chi connectivity index (χ4n) is 4.71. The van der Waals surface area contributed by atoms with Crippen molar-refractivity contribution >= 4 is 22.9 Å². The van der Waals surface area contributed by atoms with Gasteiger partial charge in [0.05, 0.1) is 23.1 Å². The number of fused-ring (bicyclic) bond motifs is 1. The zero-order valence-electron chi connectivity index (χ0n) is 17.3. The summed E-state index contributed by atoms with van der Waals surface area (Å²) in [4.78, 5) is 25.6. The van der Waals surface area contributed by atoms with Crippen LogP contribution in [0.4, 0.5) is 5.95 Å². The van der Waals surface area contributed by atoms with Crippen molar-refractivity contribution in [3.63, 3.8) is 0 Å². The highest BCUT2D eigenvalue weighted by atomic mass is 16.2. The Balaban J connectivity index is 1.19. The molecule has 1 saturated heterocycles. The number of para-hydroxylation sites is 2. The number of imidazole rings is 1. The summed E-state index contributed by atoms with van der Waals surface area (Å²) in [6.07, 6.45) is 4.25. The third-order valence-electron chi connectivity index (χ3n) is 6.54. The van der Waals surface area contributed by atoms with Crippen LogP contribution < -0.4 is 10.2 Å². The highest BCUT2D eigenvalue weighted by Crippen LogP contribution is 2.41. The van der Waals surface area contributed by atoms with Crippen LogP contribution in [0.2, 0.25) is 0 Å². The molecule has 1 aliphatic carbocycles. The van der Waals surface area contributed by atoms with Crippen LogP contribution in [-0.2, 0) is 10.3 Å². The molecule has 5 rings (SSSR count). The second-order valence-electron chi connectivity index (χ2n) is 8.54. The third-order valence-corrected chi connectivity index (χ3v) is 6.54. The summed E-state index contributed by atoms with van der Waals surface area (Å²) in [7, 11) is 0. The number of rotatable bonds is 5. The first-order valence-electron chi connectivity index (χ1n) is 11.0. The number of H-pyrrole nitrogens is 1. The molecule has 30 heavy (non-hydrogen) atoms. The van der Waals surface area contributed by atoms with Crippen LogP contribution in [-0.4, -0.2) is 53.5 Å². The fraction of sp³-hybridized carbons (Fsp3) is 0.417. The quantitative estimate of drug-likeness (QED) is 0.686. The predicted molar refractivity (Wildman–Crippen MR) is 119 cm³/mol. The van der Waals surface area contributed by atoms with Crippen LogP contribution in [0, 0.1) is 0 Å². The summed E-state index contributed by atoms with van der Waals surface area (Å²) >= 11 is 0. The Hall–Kier alpha value is -2.86. The Kier molecular flexibility index (Phi) is 5.17. The van der Waals surface area contributed by atoms with Crippen LogP contribution in [0.3, 0.4) is 0 Å². The second kappa shape index (κ2) is 8.11. The average Bonchev–Trinajstić information content (AvgIpc) is 3.04. The van der Waals surface area contributed by atoms with Gasteiger partial charge in [0, 0.05) is 26.2 Å².